The molecule has 0 aromatic rings. The summed E-state index contributed by atoms with van der Waals surface area (Å²) in [5, 5.41) is -0.179. The third-order valence-corrected chi connectivity index (χ3v) is 5.05. The van der Waals surface area contributed by atoms with Crippen molar-refractivity contribution in [2.45, 2.75) is 38.9 Å². The number of hydrogen-bond donors (Lipinski definition) is 1. The van der Waals surface area contributed by atoms with Gasteiger partial charge in [-0.25, -0.2) is 8.42 Å². The molecule has 2 N–H and O–H groups in total. The maximum absolute atomic E-state index is 11.7. The maximum atomic E-state index is 11.7. The van der Waals surface area contributed by atoms with E-state index in [1.807, 2.05) is 20.8 Å². The van der Waals surface area contributed by atoms with Crippen LogP contribution >= 0.6 is 0 Å². The summed E-state index contributed by atoms with van der Waals surface area (Å²) in [5.74, 6) is 0.307. The molecule has 0 bridgehead atoms. The Morgan fingerprint density at radius 1 is 1.23 bits per heavy atom. The fourth-order valence-electron chi connectivity index (χ4n) is 1.40. The fraction of sp³-hybridized carbons (Fsp3) is 1.00. The van der Waals surface area contributed by atoms with E-state index in [0.717, 1.165) is 0 Å². The zero-order valence-electron chi connectivity index (χ0n) is 8.79. The fourth-order valence-corrected chi connectivity index (χ4v) is 3.61. The minimum Gasteiger partial charge on any atom is -0.330 e. The molecular formula is C9H21NO2S. The predicted octanol–water partition coefficient (Wildman–Crippen LogP) is 1.18. The number of hydrogen-bond acceptors (Lipinski definition) is 3. The Bertz CT molecular complexity index is 220. The van der Waals surface area contributed by atoms with E-state index < -0.39 is 9.84 Å². The molecule has 0 rings (SSSR count). The van der Waals surface area contributed by atoms with Gasteiger partial charge in [-0.05, 0) is 25.3 Å². The zero-order chi connectivity index (χ0) is 10.5. The Hall–Kier alpha value is -0.0900. The van der Waals surface area contributed by atoms with Crippen molar-refractivity contribution in [2.75, 3.05) is 12.3 Å². The molecule has 0 aliphatic carbocycles. The van der Waals surface area contributed by atoms with Gasteiger partial charge in [0.1, 0.15) is 0 Å². The van der Waals surface area contributed by atoms with Crippen molar-refractivity contribution in [3.05, 3.63) is 0 Å². The molecule has 0 aromatic heterocycles. The van der Waals surface area contributed by atoms with Gasteiger partial charge in [0, 0.05) is 0 Å². The van der Waals surface area contributed by atoms with Gasteiger partial charge in [-0.1, -0.05) is 20.8 Å². The zero-order valence-corrected chi connectivity index (χ0v) is 9.60. The predicted molar refractivity (Wildman–Crippen MR) is 56.4 cm³/mol. The average Bonchev–Trinajstić information content (AvgIpc) is 2.05. The molecule has 0 amide bonds. The largest absolute Gasteiger partial charge is 0.330 e. The third kappa shape index (κ3) is 4.09. The standard InChI is InChI=1S/C9H21NO2S/c1-4-9(5-2)13(11,12)7-8(3)6-10/h8-9H,4-7,10H2,1-3H3. The van der Waals surface area contributed by atoms with Gasteiger partial charge in [0.2, 0.25) is 0 Å². The molecule has 0 spiro atoms. The van der Waals surface area contributed by atoms with Gasteiger partial charge in [-0.2, -0.15) is 0 Å². The Labute approximate surface area is 81.6 Å². The Morgan fingerprint density at radius 2 is 1.69 bits per heavy atom. The number of rotatable bonds is 6. The van der Waals surface area contributed by atoms with E-state index in [0.29, 0.717) is 19.4 Å². The van der Waals surface area contributed by atoms with Crippen LogP contribution in [0.3, 0.4) is 0 Å². The van der Waals surface area contributed by atoms with Gasteiger partial charge >= 0.3 is 0 Å². The summed E-state index contributed by atoms with van der Waals surface area (Å²) in [7, 11) is -2.91. The second-order valence-corrected chi connectivity index (χ2v) is 5.93. The summed E-state index contributed by atoms with van der Waals surface area (Å²) in [4.78, 5) is 0. The van der Waals surface area contributed by atoms with Crippen LogP contribution in [-0.2, 0) is 9.84 Å². The van der Waals surface area contributed by atoms with Crippen molar-refractivity contribution < 1.29 is 8.42 Å². The SMILES string of the molecule is CCC(CC)S(=O)(=O)CC(C)CN. The summed E-state index contributed by atoms with van der Waals surface area (Å²) < 4.78 is 23.4. The Balaban J connectivity index is 4.38. The van der Waals surface area contributed by atoms with Crippen LogP contribution in [0.15, 0.2) is 0 Å². The second kappa shape index (κ2) is 5.60. The molecule has 0 radical (unpaired) electrons. The van der Waals surface area contributed by atoms with Crippen molar-refractivity contribution in [3.63, 3.8) is 0 Å². The highest BCUT2D eigenvalue weighted by atomic mass is 32.2. The molecule has 0 aliphatic rings. The lowest BCUT2D eigenvalue weighted by molar-refractivity contribution is 0.552. The first kappa shape index (κ1) is 12.9. The molecule has 80 valence electrons. The minimum absolute atomic E-state index is 0.0746. The third-order valence-electron chi connectivity index (χ3n) is 2.34. The Morgan fingerprint density at radius 3 is 2.00 bits per heavy atom. The molecule has 0 saturated heterocycles. The summed E-state index contributed by atoms with van der Waals surface area (Å²) >= 11 is 0. The van der Waals surface area contributed by atoms with E-state index in [1.54, 1.807) is 0 Å². The van der Waals surface area contributed by atoms with E-state index in [2.05, 4.69) is 0 Å². The van der Waals surface area contributed by atoms with E-state index in [9.17, 15) is 8.42 Å². The van der Waals surface area contributed by atoms with Crippen molar-refractivity contribution in [1.82, 2.24) is 0 Å². The lowest BCUT2D eigenvalue weighted by Gasteiger charge is -2.16. The Kier molecular flexibility index (Phi) is 5.56. The van der Waals surface area contributed by atoms with Crippen LogP contribution in [0.2, 0.25) is 0 Å². The first-order chi connectivity index (χ1) is 5.97. The molecule has 13 heavy (non-hydrogen) atoms. The van der Waals surface area contributed by atoms with Crippen LogP contribution < -0.4 is 5.73 Å². The van der Waals surface area contributed by atoms with Gasteiger partial charge in [-0.3, -0.25) is 0 Å². The van der Waals surface area contributed by atoms with Crippen LogP contribution in [0.4, 0.5) is 0 Å². The van der Waals surface area contributed by atoms with E-state index in [1.165, 1.54) is 0 Å². The van der Waals surface area contributed by atoms with Crippen LogP contribution in [-0.4, -0.2) is 26.0 Å². The summed E-state index contributed by atoms with van der Waals surface area (Å²) in [5.41, 5.74) is 5.40. The molecule has 1 atom stereocenters. The van der Waals surface area contributed by atoms with Crippen molar-refractivity contribution in [1.29, 1.82) is 0 Å². The molecule has 0 aliphatic heterocycles. The van der Waals surface area contributed by atoms with Crippen molar-refractivity contribution in [2.24, 2.45) is 11.7 Å². The average molecular weight is 207 g/mol. The molecule has 3 nitrogen and oxygen atoms in total. The van der Waals surface area contributed by atoms with Gasteiger partial charge < -0.3 is 5.73 Å². The first-order valence-corrected chi connectivity index (χ1v) is 6.61. The molecule has 0 aromatic carbocycles. The van der Waals surface area contributed by atoms with E-state index in [4.69, 9.17) is 5.73 Å². The highest BCUT2D eigenvalue weighted by Gasteiger charge is 2.23. The molecule has 0 saturated carbocycles. The lowest BCUT2D eigenvalue weighted by Crippen LogP contribution is -2.28. The quantitative estimate of drug-likeness (QED) is 0.711. The lowest BCUT2D eigenvalue weighted by atomic mass is 10.2. The van der Waals surface area contributed by atoms with Crippen molar-refractivity contribution >= 4 is 9.84 Å². The normalized spacial score (nSPS) is 14.8. The molecule has 0 heterocycles. The molecule has 0 fully saturated rings. The molecule has 1 unspecified atom stereocenters. The number of sulfone groups is 1. The van der Waals surface area contributed by atoms with E-state index >= 15 is 0 Å². The summed E-state index contributed by atoms with van der Waals surface area (Å²) in [6, 6.07) is 0. The smallest absolute Gasteiger partial charge is 0.153 e. The first-order valence-electron chi connectivity index (χ1n) is 4.89. The van der Waals surface area contributed by atoms with E-state index in [-0.39, 0.29) is 16.9 Å². The highest BCUT2D eigenvalue weighted by molar-refractivity contribution is 7.92. The molecular weight excluding hydrogens is 186 g/mol. The minimum atomic E-state index is -2.91. The van der Waals surface area contributed by atoms with Crippen LogP contribution in [0, 0.1) is 5.92 Å². The summed E-state index contributed by atoms with van der Waals surface area (Å²) in [6.45, 7) is 6.15. The molecule has 4 heteroatoms. The topological polar surface area (TPSA) is 60.2 Å². The van der Waals surface area contributed by atoms with Gasteiger partial charge in [0.05, 0.1) is 11.0 Å². The number of nitrogens with two attached hydrogens (primary N) is 1. The van der Waals surface area contributed by atoms with Crippen LogP contribution in [0.5, 0.6) is 0 Å². The van der Waals surface area contributed by atoms with Crippen LogP contribution in [0.25, 0.3) is 0 Å². The second-order valence-electron chi connectivity index (χ2n) is 3.61. The van der Waals surface area contributed by atoms with Crippen molar-refractivity contribution in [3.8, 4) is 0 Å². The van der Waals surface area contributed by atoms with Crippen LogP contribution in [0.1, 0.15) is 33.6 Å². The van der Waals surface area contributed by atoms with Gasteiger partial charge in [0.15, 0.2) is 9.84 Å². The maximum Gasteiger partial charge on any atom is 0.153 e. The monoisotopic (exact) mass is 207 g/mol. The van der Waals surface area contributed by atoms with Gasteiger partial charge in [0.25, 0.3) is 0 Å². The highest BCUT2D eigenvalue weighted by Crippen LogP contribution is 2.13. The van der Waals surface area contributed by atoms with Gasteiger partial charge in [-0.15, -0.1) is 0 Å². The summed E-state index contributed by atoms with van der Waals surface area (Å²) in [6.07, 6.45) is 1.41.